The molecule has 0 spiro atoms. The van der Waals surface area contributed by atoms with Crippen molar-refractivity contribution in [1.29, 1.82) is 0 Å². The van der Waals surface area contributed by atoms with Gasteiger partial charge in [-0.2, -0.15) is 0 Å². The van der Waals surface area contributed by atoms with Crippen LogP contribution in [0.15, 0.2) is 42.5 Å². The maximum Gasteiger partial charge on any atom is 0.224 e. The zero-order valence-corrected chi connectivity index (χ0v) is 13.6. The number of carbonyl (C=O) groups is 2. The standard InChI is InChI=1S/C19H18FNO4/c20-14-4-1-2-5-15(14)21-19(23)9-7-16(22)13-6-8-17-18(12-13)25-11-3-10-24-17/h1-2,4-6,8,12H,3,7,9-11H2,(H,21,23). The van der Waals surface area contributed by atoms with Crippen LogP contribution < -0.4 is 14.8 Å². The molecule has 1 aliphatic heterocycles. The van der Waals surface area contributed by atoms with Crippen LogP contribution in [0.3, 0.4) is 0 Å². The van der Waals surface area contributed by atoms with Gasteiger partial charge in [-0.05, 0) is 30.3 Å². The molecule has 0 bridgehead atoms. The minimum atomic E-state index is -0.509. The number of halogens is 1. The van der Waals surface area contributed by atoms with Gasteiger partial charge in [0.2, 0.25) is 5.91 Å². The number of ketones is 1. The van der Waals surface area contributed by atoms with Gasteiger partial charge in [0.1, 0.15) is 5.82 Å². The number of para-hydroxylation sites is 1. The molecule has 0 aliphatic carbocycles. The van der Waals surface area contributed by atoms with Crippen molar-refractivity contribution in [1.82, 2.24) is 0 Å². The summed E-state index contributed by atoms with van der Waals surface area (Å²) in [5.41, 5.74) is 0.568. The first-order chi connectivity index (χ1) is 12.1. The van der Waals surface area contributed by atoms with Gasteiger partial charge in [-0.1, -0.05) is 12.1 Å². The normalized spacial score (nSPS) is 13.0. The summed E-state index contributed by atoms with van der Waals surface area (Å²) in [5, 5.41) is 2.46. The van der Waals surface area contributed by atoms with Crippen LogP contribution in [0.1, 0.15) is 29.6 Å². The molecule has 25 heavy (non-hydrogen) atoms. The van der Waals surface area contributed by atoms with Gasteiger partial charge in [-0.15, -0.1) is 0 Å². The number of fused-ring (bicyclic) bond motifs is 1. The van der Waals surface area contributed by atoms with Crippen LogP contribution >= 0.6 is 0 Å². The SMILES string of the molecule is O=C(CCC(=O)c1ccc2c(c1)OCCCO2)Nc1ccccc1F. The highest BCUT2D eigenvalue weighted by Gasteiger charge is 2.15. The van der Waals surface area contributed by atoms with E-state index < -0.39 is 11.7 Å². The molecule has 3 rings (SSSR count). The molecule has 5 nitrogen and oxygen atoms in total. The zero-order valence-electron chi connectivity index (χ0n) is 13.6. The number of anilines is 1. The Hall–Kier alpha value is -2.89. The number of ether oxygens (including phenoxy) is 2. The molecular weight excluding hydrogens is 325 g/mol. The second-order valence-corrected chi connectivity index (χ2v) is 5.66. The molecule has 0 unspecified atom stereocenters. The van der Waals surface area contributed by atoms with Crippen molar-refractivity contribution in [3.8, 4) is 11.5 Å². The van der Waals surface area contributed by atoms with Crippen LogP contribution in [-0.2, 0) is 4.79 Å². The van der Waals surface area contributed by atoms with E-state index in [1.807, 2.05) is 0 Å². The monoisotopic (exact) mass is 343 g/mol. The van der Waals surface area contributed by atoms with E-state index in [1.165, 1.54) is 12.1 Å². The molecule has 0 fully saturated rings. The molecule has 0 radical (unpaired) electrons. The van der Waals surface area contributed by atoms with Gasteiger partial charge in [0.15, 0.2) is 17.3 Å². The van der Waals surface area contributed by atoms with E-state index in [0.717, 1.165) is 6.42 Å². The number of hydrogen-bond donors (Lipinski definition) is 1. The summed E-state index contributed by atoms with van der Waals surface area (Å²) < 4.78 is 24.6. The Labute approximate surface area is 144 Å². The summed E-state index contributed by atoms with van der Waals surface area (Å²) in [6.45, 7) is 1.12. The fourth-order valence-electron chi connectivity index (χ4n) is 2.48. The summed E-state index contributed by atoms with van der Waals surface area (Å²) in [6.07, 6.45) is 0.787. The molecule has 130 valence electrons. The fraction of sp³-hybridized carbons (Fsp3) is 0.263. The average molecular weight is 343 g/mol. The fourth-order valence-corrected chi connectivity index (χ4v) is 2.48. The van der Waals surface area contributed by atoms with Crippen LogP contribution in [0.25, 0.3) is 0 Å². The number of nitrogens with one attached hydrogen (secondary N) is 1. The van der Waals surface area contributed by atoms with E-state index in [-0.39, 0.29) is 24.3 Å². The van der Waals surface area contributed by atoms with Crippen LogP contribution in [0, 0.1) is 5.82 Å². The van der Waals surface area contributed by atoms with Crippen LogP contribution in [-0.4, -0.2) is 24.9 Å². The lowest BCUT2D eigenvalue weighted by atomic mass is 10.1. The van der Waals surface area contributed by atoms with Gasteiger partial charge in [-0.25, -0.2) is 4.39 Å². The third kappa shape index (κ3) is 4.35. The molecule has 2 aromatic rings. The summed E-state index contributed by atoms with van der Waals surface area (Å²) in [5.74, 6) is 0.0581. The molecule has 1 N–H and O–H groups in total. The van der Waals surface area contributed by atoms with E-state index in [1.54, 1.807) is 30.3 Å². The van der Waals surface area contributed by atoms with E-state index in [9.17, 15) is 14.0 Å². The first kappa shape index (κ1) is 17.0. The van der Waals surface area contributed by atoms with Crippen LogP contribution in [0.5, 0.6) is 11.5 Å². The van der Waals surface area contributed by atoms with Gasteiger partial charge in [0.05, 0.1) is 18.9 Å². The Bertz CT molecular complexity index is 791. The molecule has 0 saturated carbocycles. The van der Waals surface area contributed by atoms with Crippen molar-refractivity contribution < 1.29 is 23.5 Å². The minimum Gasteiger partial charge on any atom is -0.490 e. The molecule has 2 aromatic carbocycles. The van der Waals surface area contributed by atoms with Crippen LogP contribution in [0.4, 0.5) is 10.1 Å². The maximum atomic E-state index is 13.5. The average Bonchev–Trinajstić information content (AvgIpc) is 2.86. The summed E-state index contributed by atoms with van der Waals surface area (Å²) in [7, 11) is 0. The highest BCUT2D eigenvalue weighted by molar-refractivity contribution is 6.00. The number of hydrogen-bond acceptors (Lipinski definition) is 4. The van der Waals surface area contributed by atoms with E-state index in [2.05, 4.69) is 5.32 Å². The van der Waals surface area contributed by atoms with Crippen molar-refractivity contribution >= 4 is 17.4 Å². The Morgan fingerprint density at radius 3 is 2.56 bits per heavy atom. The van der Waals surface area contributed by atoms with Crippen molar-refractivity contribution in [2.45, 2.75) is 19.3 Å². The maximum absolute atomic E-state index is 13.5. The Kier molecular flexibility index (Phi) is 5.28. The third-order valence-corrected chi connectivity index (χ3v) is 3.80. The van der Waals surface area contributed by atoms with Crippen molar-refractivity contribution in [2.24, 2.45) is 0 Å². The lowest BCUT2D eigenvalue weighted by molar-refractivity contribution is -0.116. The predicted octanol–water partition coefficient (Wildman–Crippen LogP) is 3.59. The van der Waals surface area contributed by atoms with E-state index in [4.69, 9.17) is 9.47 Å². The molecule has 0 aromatic heterocycles. The molecule has 1 aliphatic rings. The number of carbonyl (C=O) groups excluding carboxylic acids is 2. The minimum absolute atomic E-state index is 0.0262. The molecule has 1 amide bonds. The van der Waals surface area contributed by atoms with Crippen molar-refractivity contribution in [2.75, 3.05) is 18.5 Å². The number of amides is 1. The molecule has 0 saturated heterocycles. The lowest BCUT2D eigenvalue weighted by Crippen LogP contribution is -2.14. The second-order valence-electron chi connectivity index (χ2n) is 5.66. The molecule has 0 atom stereocenters. The lowest BCUT2D eigenvalue weighted by Gasteiger charge is -2.09. The van der Waals surface area contributed by atoms with Gasteiger partial charge in [0, 0.05) is 24.8 Å². The largest absolute Gasteiger partial charge is 0.490 e. The van der Waals surface area contributed by atoms with Crippen molar-refractivity contribution in [3.63, 3.8) is 0 Å². The van der Waals surface area contributed by atoms with E-state index in [0.29, 0.717) is 30.3 Å². The Balaban J connectivity index is 1.58. The Morgan fingerprint density at radius 2 is 1.76 bits per heavy atom. The van der Waals surface area contributed by atoms with Gasteiger partial charge >= 0.3 is 0 Å². The van der Waals surface area contributed by atoms with Crippen molar-refractivity contribution in [3.05, 3.63) is 53.8 Å². The smallest absolute Gasteiger partial charge is 0.224 e. The predicted molar refractivity (Wildman–Crippen MR) is 90.6 cm³/mol. The van der Waals surface area contributed by atoms with Crippen LogP contribution in [0.2, 0.25) is 0 Å². The first-order valence-corrected chi connectivity index (χ1v) is 8.11. The van der Waals surface area contributed by atoms with E-state index >= 15 is 0 Å². The summed E-state index contributed by atoms with van der Waals surface area (Å²) in [6, 6.07) is 10.9. The Morgan fingerprint density at radius 1 is 1.00 bits per heavy atom. The molecular formula is C19H18FNO4. The topological polar surface area (TPSA) is 64.6 Å². The van der Waals surface area contributed by atoms with Gasteiger partial charge < -0.3 is 14.8 Å². The second kappa shape index (κ2) is 7.79. The number of benzene rings is 2. The van der Waals surface area contributed by atoms with Gasteiger partial charge in [-0.3, -0.25) is 9.59 Å². The third-order valence-electron chi connectivity index (χ3n) is 3.80. The molecule has 1 heterocycles. The number of rotatable bonds is 5. The summed E-state index contributed by atoms with van der Waals surface area (Å²) in [4.78, 5) is 24.2. The van der Waals surface area contributed by atoms with Gasteiger partial charge in [0.25, 0.3) is 0 Å². The quantitative estimate of drug-likeness (QED) is 0.843. The number of Topliss-reactive ketones (excluding diaryl/α,β-unsaturated/α-hetero) is 1. The first-order valence-electron chi connectivity index (χ1n) is 8.11. The summed E-state index contributed by atoms with van der Waals surface area (Å²) >= 11 is 0. The highest BCUT2D eigenvalue weighted by atomic mass is 19.1. The molecule has 6 heteroatoms. The highest BCUT2D eigenvalue weighted by Crippen LogP contribution is 2.30. The zero-order chi connectivity index (χ0) is 17.6.